The number of nitrogens with zero attached hydrogens (tertiary/aromatic N) is 5. The number of aromatic nitrogens is 4. The molecular weight excluding hydrogens is 392 g/mol. The molecule has 3 heterocycles. The standard InChI is InChI=1S/C23H30N6O2/c1-16-9-10-17-13-18(22-25-26-27-29(22)21(17)12-16)14-28(15-20-8-5-11-31-20)23(30)24-19-6-3-2-4-7-19/h9-10,12-13,19-20H,2-8,11,14-15H2,1H3,(H,24,30). The summed E-state index contributed by atoms with van der Waals surface area (Å²) >= 11 is 0. The van der Waals surface area contributed by atoms with Crippen LogP contribution in [0.4, 0.5) is 4.79 Å². The van der Waals surface area contributed by atoms with E-state index >= 15 is 0 Å². The molecule has 1 aliphatic carbocycles. The molecule has 2 fully saturated rings. The Morgan fingerprint density at radius 3 is 2.87 bits per heavy atom. The second-order valence-electron chi connectivity index (χ2n) is 8.95. The van der Waals surface area contributed by atoms with E-state index in [9.17, 15) is 4.79 Å². The summed E-state index contributed by atoms with van der Waals surface area (Å²) in [6.07, 6.45) is 7.90. The summed E-state index contributed by atoms with van der Waals surface area (Å²) in [4.78, 5) is 15.2. The highest BCUT2D eigenvalue weighted by molar-refractivity contribution is 5.84. The van der Waals surface area contributed by atoms with Gasteiger partial charge in [-0.1, -0.05) is 31.4 Å². The summed E-state index contributed by atoms with van der Waals surface area (Å²) in [7, 11) is 0. The molecule has 1 aliphatic heterocycles. The van der Waals surface area contributed by atoms with Gasteiger partial charge in [0.1, 0.15) is 0 Å². The lowest BCUT2D eigenvalue weighted by atomic mass is 9.96. The first-order valence-corrected chi connectivity index (χ1v) is 11.4. The molecule has 0 spiro atoms. The number of hydrogen-bond donors (Lipinski definition) is 1. The van der Waals surface area contributed by atoms with Crippen molar-refractivity contribution in [1.29, 1.82) is 0 Å². The molecule has 31 heavy (non-hydrogen) atoms. The van der Waals surface area contributed by atoms with Crippen molar-refractivity contribution in [1.82, 2.24) is 30.3 Å². The van der Waals surface area contributed by atoms with E-state index in [0.717, 1.165) is 54.3 Å². The van der Waals surface area contributed by atoms with Gasteiger partial charge >= 0.3 is 6.03 Å². The molecule has 2 amide bonds. The van der Waals surface area contributed by atoms with Gasteiger partial charge in [0.25, 0.3) is 0 Å². The second-order valence-corrected chi connectivity index (χ2v) is 8.95. The molecule has 8 nitrogen and oxygen atoms in total. The van der Waals surface area contributed by atoms with Gasteiger partial charge in [0.2, 0.25) is 0 Å². The molecule has 1 N–H and O–H groups in total. The Kier molecular flexibility index (Phi) is 5.72. The zero-order chi connectivity index (χ0) is 21.2. The van der Waals surface area contributed by atoms with Gasteiger partial charge in [0.15, 0.2) is 5.65 Å². The van der Waals surface area contributed by atoms with Crippen molar-refractivity contribution in [2.24, 2.45) is 0 Å². The van der Waals surface area contributed by atoms with Crippen LogP contribution in [-0.4, -0.2) is 56.3 Å². The number of tetrazole rings is 1. The fraction of sp³-hybridized carbons (Fsp3) is 0.565. The van der Waals surface area contributed by atoms with E-state index < -0.39 is 0 Å². The Morgan fingerprint density at radius 1 is 1.19 bits per heavy atom. The van der Waals surface area contributed by atoms with Crippen LogP contribution in [0.1, 0.15) is 56.1 Å². The highest BCUT2D eigenvalue weighted by atomic mass is 16.5. The molecule has 8 heteroatoms. The van der Waals surface area contributed by atoms with E-state index in [4.69, 9.17) is 4.74 Å². The molecule has 1 unspecified atom stereocenters. The molecule has 0 radical (unpaired) electrons. The average Bonchev–Trinajstić information content (AvgIpc) is 3.47. The Morgan fingerprint density at radius 2 is 2.06 bits per heavy atom. The fourth-order valence-corrected chi connectivity index (χ4v) is 4.85. The Bertz CT molecular complexity index is 1070. The minimum Gasteiger partial charge on any atom is -0.376 e. The van der Waals surface area contributed by atoms with Gasteiger partial charge in [-0.25, -0.2) is 4.79 Å². The van der Waals surface area contributed by atoms with Crippen LogP contribution in [0.5, 0.6) is 0 Å². The van der Waals surface area contributed by atoms with Gasteiger partial charge in [-0.2, -0.15) is 4.52 Å². The molecule has 2 aromatic heterocycles. The van der Waals surface area contributed by atoms with Crippen LogP contribution in [0.15, 0.2) is 24.3 Å². The van der Waals surface area contributed by atoms with Crippen LogP contribution in [0.25, 0.3) is 16.6 Å². The molecule has 1 saturated heterocycles. The maximum Gasteiger partial charge on any atom is 0.318 e. The lowest BCUT2D eigenvalue weighted by molar-refractivity contribution is 0.0786. The normalized spacial score (nSPS) is 19.8. The number of carbonyl (C=O) groups excluding carboxylic acids is 1. The third-order valence-electron chi connectivity index (χ3n) is 6.53. The molecule has 3 aromatic rings. The molecule has 164 valence electrons. The van der Waals surface area contributed by atoms with Crippen LogP contribution < -0.4 is 5.32 Å². The number of urea groups is 1. The van der Waals surface area contributed by atoms with Gasteiger partial charge in [0, 0.05) is 30.1 Å². The molecule has 1 saturated carbocycles. The number of benzene rings is 1. The van der Waals surface area contributed by atoms with E-state index in [-0.39, 0.29) is 18.2 Å². The highest BCUT2D eigenvalue weighted by Gasteiger charge is 2.26. The van der Waals surface area contributed by atoms with E-state index in [1.54, 1.807) is 4.52 Å². The van der Waals surface area contributed by atoms with E-state index in [0.29, 0.717) is 18.7 Å². The smallest absolute Gasteiger partial charge is 0.318 e. The maximum absolute atomic E-state index is 13.3. The van der Waals surface area contributed by atoms with Crippen molar-refractivity contribution in [3.63, 3.8) is 0 Å². The number of fused-ring (bicyclic) bond motifs is 3. The van der Waals surface area contributed by atoms with Crippen molar-refractivity contribution < 1.29 is 9.53 Å². The number of hydrogen-bond acceptors (Lipinski definition) is 5. The SMILES string of the molecule is Cc1ccc2cc(CN(CC3CCCO3)C(=O)NC3CCCCC3)c3nnnn3c2c1. The lowest BCUT2D eigenvalue weighted by Crippen LogP contribution is -2.47. The lowest BCUT2D eigenvalue weighted by Gasteiger charge is -2.30. The first-order chi connectivity index (χ1) is 15.2. The summed E-state index contributed by atoms with van der Waals surface area (Å²) in [5.74, 6) is 0. The first kappa shape index (κ1) is 20.2. The number of aryl methyl sites for hydroxylation is 1. The van der Waals surface area contributed by atoms with Gasteiger partial charge in [-0.05, 0) is 60.7 Å². The molecule has 2 aliphatic rings. The second kappa shape index (κ2) is 8.78. The summed E-state index contributed by atoms with van der Waals surface area (Å²) in [6.45, 7) is 3.86. The quantitative estimate of drug-likeness (QED) is 0.679. The van der Waals surface area contributed by atoms with Gasteiger partial charge in [-0.3, -0.25) is 0 Å². The first-order valence-electron chi connectivity index (χ1n) is 11.4. The topological polar surface area (TPSA) is 84.6 Å². The zero-order valence-electron chi connectivity index (χ0n) is 18.1. The largest absolute Gasteiger partial charge is 0.376 e. The third-order valence-corrected chi connectivity index (χ3v) is 6.53. The molecule has 1 atom stereocenters. The van der Waals surface area contributed by atoms with Crippen molar-refractivity contribution in [3.05, 3.63) is 35.4 Å². The molecule has 5 rings (SSSR count). The summed E-state index contributed by atoms with van der Waals surface area (Å²) in [5.41, 5.74) is 3.77. The Hall–Kier alpha value is -2.74. The number of amides is 2. The third kappa shape index (κ3) is 4.35. The van der Waals surface area contributed by atoms with Crippen LogP contribution in [0.3, 0.4) is 0 Å². The highest BCUT2D eigenvalue weighted by Crippen LogP contribution is 2.23. The monoisotopic (exact) mass is 422 g/mol. The molecule has 1 aromatic carbocycles. The predicted octanol–water partition coefficient (Wildman–Crippen LogP) is 3.61. The van der Waals surface area contributed by atoms with Gasteiger partial charge in [-0.15, -0.1) is 5.10 Å². The van der Waals surface area contributed by atoms with Crippen LogP contribution in [-0.2, 0) is 11.3 Å². The minimum atomic E-state index is -0.0166. The van der Waals surface area contributed by atoms with E-state index in [1.807, 2.05) is 4.90 Å². The summed E-state index contributed by atoms with van der Waals surface area (Å²) in [6, 6.07) is 8.61. The van der Waals surface area contributed by atoms with E-state index in [2.05, 4.69) is 52.0 Å². The van der Waals surface area contributed by atoms with Gasteiger partial charge < -0.3 is 15.0 Å². The Labute approximate surface area is 181 Å². The number of carbonyl (C=O) groups is 1. The minimum absolute atomic E-state index is 0.0166. The van der Waals surface area contributed by atoms with Crippen molar-refractivity contribution in [2.45, 2.75) is 70.6 Å². The zero-order valence-corrected chi connectivity index (χ0v) is 18.1. The van der Waals surface area contributed by atoms with E-state index in [1.165, 1.54) is 19.3 Å². The molecule has 0 bridgehead atoms. The number of nitrogens with one attached hydrogen (secondary N) is 1. The average molecular weight is 423 g/mol. The van der Waals surface area contributed by atoms with Crippen molar-refractivity contribution in [3.8, 4) is 0 Å². The number of ether oxygens (including phenoxy) is 1. The summed E-state index contributed by atoms with van der Waals surface area (Å²) in [5, 5.41) is 16.7. The van der Waals surface area contributed by atoms with Crippen LogP contribution >= 0.6 is 0 Å². The van der Waals surface area contributed by atoms with Crippen LogP contribution in [0.2, 0.25) is 0 Å². The Balaban J connectivity index is 1.44. The van der Waals surface area contributed by atoms with Gasteiger partial charge in [0.05, 0.1) is 18.2 Å². The number of rotatable bonds is 5. The predicted molar refractivity (Wildman–Crippen MR) is 118 cm³/mol. The fourth-order valence-electron chi connectivity index (χ4n) is 4.85. The van der Waals surface area contributed by atoms with Crippen molar-refractivity contribution >= 4 is 22.6 Å². The number of pyridine rings is 1. The summed E-state index contributed by atoms with van der Waals surface area (Å²) < 4.78 is 7.63. The molecular formula is C23H30N6O2. The maximum atomic E-state index is 13.3. The van der Waals surface area contributed by atoms with Crippen LogP contribution in [0, 0.1) is 6.92 Å². The van der Waals surface area contributed by atoms with Crippen molar-refractivity contribution in [2.75, 3.05) is 13.2 Å².